The van der Waals surface area contributed by atoms with E-state index in [0.717, 1.165) is 10.5 Å². The summed E-state index contributed by atoms with van der Waals surface area (Å²) in [6.45, 7) is 1.97. The van der Waals surface area contributed by atoms with Crippen molar-refractivity contribution in [2.75, 3.05) is 13.4 Å². The van der Waals surface area contributed by atoms with Gasteiger partial charge in [0.05, 0.1) is 18.7 Å². The Labute approximate surface area is 129 Å². The molecular weight excluding hydrogens is 282 g/mol. The van der Waals surface area contributed by atoms with E-state index in [1.807, 2.05) is 55.6 Å². The van der Waals surface area contributed by atoms with Crippen LogP contribution in [-0.2, 0) is 0 Å². The molecule has 0 fully saturated rings. The second kappa shape index (κ2) is 7.18. The van der Waals surface area contributed by atoms with Crippen molar-refractivity contribution < 1.29 is 9.53 Å². The second-order valence-electron chi connectivity index (χ2n) is 4.67. The molecule has 0 unspecified atom stereocenters. The van der Waals surface area contributed by atoms with Gasteiger partial charge in [0, 0.05) is 4.90 Å². The lowest BCUT2D eigenvalue weighted by Crippen LogP contribution is -2.27. The largest absolute Gasteiger partial charge is 0.496 e. The highest BCUT2D eigenvalue weighted by atomic mass is 32.2. The van der Waals surface area contributed by atoms with E-state index in [-0.39, 0.29) is 11.9 Å². The van der Waals surface area contributed by atoms with E-state index < -0.39 is 0 Å². The highest BCUT2D eigenvalue weighted by Gasteiger charge is 2.15. The van der Waals surface area contributed by atoms with Crippen molar-refractivity contribution in [3.05, 3.63) is 59.7 Å². The number of carbonyl (C=O) groups excluding carboxylic acids is 1. The molecule has 0 aliphatic rings. The van der Waals surface area contributed by atoms with Crippen LogP contribution in [0.4, 0.5) is 0 Å². The molecule has 2 rings (SSSR count). The molecule has 1 atom stereocenters. The molecule has 0 radical (unpaired) electrons. The van der Waals surface area contributed by atoms with E-state index in [1.165, 1.54) is 0 Å². The predicted octanol–water partition coefficient (Wildman–Crippen LogP) is 3.91. The van der Waals surface area contributed by atoms with Crippen molar-refractivity contribution >= 4 is 17.7 Å². The normalized spacial score (nSPS) is 11.8. The molecule has 0 heterocycles. The highest BCUT2D eigenvalue weighted by Crippen LogP contribution is 2.26. The van der Waals surface area contributed by atoms with Crippen LogP contribution < -0.4 is 10.1 Å². The molecule has 110 valence electrons. The van der Waals surface area contributed by atoms with Gasteiger partial charge in [0.25, 0.3) is 5.91 Å². The molecule has 21 heavy (non-hydrogen) atoms. The van der Waals surface area contributed by atoms with Gasteiger partial charge in [-0.3, -0.25) is 4.79 Å². The minimum atomic E-state index is -0.129. The van der Waals surface area contributed by atoms with E-state index in [4.69, 9.17) is 4.74 Å². The minimum Gasteiger partial charge on any atom is -0.496 e. The quantitative estimate of drug-likeness (QED) is 0.851. The monoisotopic (exact) mass is 301 g/mol. The third-order valence-electron chi connectivity index (χ3n) is 3.30. The smallest absolute Gasteiger partial charge is 0.255 e. The number of nitrogens with one attached hydrogen (secondary N) is 1. The highest BCUT2D eigenvalue weighted by molar-refractivity contribution is 7.98. The number of benzene rings is 2. The summed E-state index contributed by atoms with van der Waals surface area (Å²) < 4.78 is 5.32. The summed E-state index contributed by atoms with van der Waals surface area (Å²) in [5.41, 5.74) is 1.63. The Morgan fingerprint density at radius 3 is 2.52 bits per heavy atom. The SMILES string of the molecule is COc1cc(SC)ccc1C(=O)N[C@H](C)c1ccccc1. The summed E-state index contributed by atoms with van der Waals surface area (Å²) in [4.78, 5) is 13.5. The summed E-state index contributed by atoms with van der Waals surface area (Å²) in [5.74, 6) is 0.468. The summed E-state index contributed by atoms with van der Waals surface area (Å²) in [6.07, 6.45) is 1.99. The van der Waals surface area contributed by atoms with Crippen LogP contribution in [0.5, 0.6) is 5.75 Å². The third-order valence-corrected chi connectivity index (χ3v) is 4.03. The molecule has 0 aliphatic heterocycles. The topological polar surface area (TPSA) is 38.3 Å². The van der Waals surface area contributed by atoms with Crippen LogP contribution in [0.25, 0.3) is 0 Å². The molecule has 0 saturated heterocycles. The Morgan fingerprint density at radius 2 is 1.90 bits per heavy atom. The van der Waals surface area contributed by atoms with Gasteiger partial charge in [-0.05, 0) is 36.9 Å². The lowest BCUT2D eigenvalue weighted by Gasteiger charge is -2.16. The number of carbonyl (C=O) groups is 1. The lowest BCUT2D eigenvalue weighted by atomic mass is 10.1. The first-order chi connectivity index (χ1) is 10.2. The van der Waals surface area contributed by atoms with Gasteiger partial charge in [0.15, 0.2) is 0 Å². The summed E-state index contributed by atoms with van der Waals surface area (Å²) in [7, 11) is 1.58. The second-order valence-corrected chi connectivity index (χ2v) is 5.55. The van der Waals surface area contributed by atoms with E-state index in [9.17, 15) is 4.79 Å². The number of hydrogen-bond acceptors (Lipinski definition) is 3. The fourth-order valence-corrected chi connectivity index (χ4v) is 2.51. The van der Waals surface area contributed by atoms with Gasteiger partial charge in [-0.15, -0.1) is 11.8 Å². The number of methoxy groups -OCH3 is 1. The standard InChI is InChI=1S/C17H19NO2S/c1-12(13-7-5-4-6-8-13)18-17(19)15-10-9-14(21-3)11-16(15)20-2/h4-12H,1-3H3,(H,18,19)/t12-/m1/s1. The maximum absolute atomic E-state index is 12.4. The van der Waals surface area contributed by atoms with Crippen molar-refractivity contribution in [3.63, 3.8) is 0 Å². The Bertz CT molecular complexity index is 613. The molecule has 1 amide bonds. The Morgan fingerprint density at radius 1 is 1.19 bits per heavy atom. The van der Waals surface area contributed by atoms with Crippen LogP contribution in [0.1, 0.15) is 28.9 Å². The maximum Gasteiger partial charge on any atom is 0.255 e. The summed E-state index contributed by atoms with van der Waals surface area (Å²) in [6, 6.07) is 15.4. The van der Waals surface area contributed by atoms with E-state index >= 15 is 0 Å². The van der Waals surface area contributed by atoms with Crippen LogP contribution in [0.15, 0.2) is 53.4 Å². The Hall–Kier alpha value is -1.94. The van der Waals surface area contributed by atoms with Gasteiger partial charge in [0.2, 0.25) is 0 Å². The van der Waals surface area contributed by atoms with Gasteiger partial charge in [-0.2, -0.15) is 0 Å². The molecule has 0 spiro atoms. The van der Waals surface area contributed by atoms with E-state index in [0.29, 0.717) is 11.3 Å². The number of rotatable bonds is 5. The van der Waals surface area contributed by atoms with Gasteiger partial charge >= 0.3 is 0 Å². The molecule has 1 N–H and O–H groups in total. The first-order valence-corrected chi connectivity index (χ1v) is 7.96. The first kappa shape index (κ1) is 15.4. The average molecular weight is 301 g/mol. The average Bonchev–Trinajstić information content (AvgIpc) is 2.54. The Kier molecular flexibility index (Phi) is 5.28. The minimum absolute atomic E-state index is 0.0522. The lowest BCUT2D eigenvalue weighted by molar-refractivity contribution is 0.0936. The zero-order valence-electron chi connectivity index (χ0n) is 12.4. The van der Waals surface area contributed by atoms with Crippen LogP contribution in [-0.4, -0.2) is 19.3 Å². The van der Waals surface area contributed by atoms with E-state index in [2.05, 4.69) is 5.32 Å². The van der Waals surface area contributed by atoms with Crippen molar-refractivity contribution in [2.45, 2.75) is 17.9 Å². The van der Waals surface area contributed by atoms with Gasteiger partial charge in [-0.1, -0.05) is 30.3 Å². The summed E-state index contributed by atoms with van der Waals surface area (Å²) >= 11 is 1.62. The molecule has 0 aromatic heterocycles. The van der Waals surface area contributed by atoms with Gasteiger partial charge in [-0.25, -0.2) is 0 Å². The fourth-order valence-electron chi connectivity index (χ4n) is 2.09. The van der Waals surface area contributed by atoms with Crippen molar-refractivity contribution in [1.82, 2.24) is 5.32 Å². The van der Waals surface area contributed by atoms with Gasteiger partial charge in [0.1, 0.15) is 5.75 Å². The van der Waals surface area contributed by atoms with Gasteiger partial charge < -0.3 is 10.1 Å². The number of ether oxygens (including phenoxy) is 1. The molecule has 0 aliphatic carbocycles. The van der Waals surface area contributed by atoms with Crippen LogP contribution in [0, 0.1) is 0 Å². The maximum atomic E-state index is 12.4. The molecule has 0 saturated carbocycles. The molecular formula is C17H19NO2S. The fraction of sp³-hybridized carbons (Fsp3) is 0.235. The van der Waals surface area contributed by atoms with Crippen LogP contribution in [0.3, 0.4) is 0 Å². The number of hydrogen-bond donors (Lipinski definition) is 1. The molecule has 2 aromatic rings. The van der Waals surface area contributed by atoms with E-state index in [1.54, 1.807) is 24.9 Å². The molecule has 0 bridgehead atoms. The Balaban J connectivity index is 2.17. The molecule has 3 nitrogen and oxygen atoms in total. The third kappa shape index (κ3) is 3.79. The zero-order chi connectivity index (χ0) is 15.2. The van der Waals surface area contributed by atoms with Crippen LogP contribution in [0.2, 0.25) is 0 Å². The number of thioether (sulfide) groups is 1. The van der Waals surface area contributed by atoms with Crippen molar-refractivity contribution in [1.29, 1.82) is 0 Å². The van der Waals surface area contributed by atoms with Crippen molar-refractivity contribution in [3.8, 4) is 5.75 Å². The van der Waals surface area contributed by atoms with Crippen molar-refractivity contribution in [2.24, 2.45) is 0 Å². The summed E-state index contributed by atoms with van der Waals surface area (Å²) in [5, 5.41) is 3.00. The number of amides is 1. The molecule has 2 aromatic carbocycles. The molecule has 4 heteroatoms. The van der Waals surface area contributed by atoms with Crippen LogP contribution >= 0.6 is 11.8 Å². The zero-order valence-corrected chi connectivity index (χ0v) is 13.2. The first-order valence-electron chi connectivity index (χ1n) is 6.73. The predicted molar refractivity (Wildman–Crippen MR) is 87.1 cm³/mol.